The second kappa shape index (κ2) is 19.1. The largest absolute Gasteiger partial charge is 0.504 e. The third-order valence-electron chi connectivity index (χ3n) is 6.16. The normalized spacial score (nSPS) is 11.0. The molecule has 1 aromatic carbocycles. The number of carboxylic acid groups (broad SMARTS) is 1. The molecule has 0 fully saturated rings. The van der Waals surface area contributed by atoms with Crippen LogP contribution in [0, 0.1) is 0 Å². The van der Waals surface area contributed by atoms with E-state index < -0.39 is 5.97 Å². The second-order valence-corrected chi connectivity index (χ2v) is 9.33. The van der Waals surface area contributed by atoms with Crippen molar-refractivity contribution in [2.75, 3.05) is 19.8 Å². The Morgan fingerprint density at radius 3 is 1.54 bits per heavy atom. The first-order valence-corrected chi connectivity index (χ1v) is 14.1. The molecule has 0 aliphatic carbocycles. The van der Waals surface area contributed by atoms with Gasteiger partial charge in [-0.15, -0.1) is 0 Å². The van der Waals surface area contributed by atoms with Gasteiger partial charge in [-0.1, -0.05) is 91.9 Å². The molecule has 0 radical (unpaired) electrons. The van der Waals surface area contributed by atoms with E-state index in [-0.39, 0.29) is 22.8 Å². The molecule has 6 nitrogen and oxygen atoms in total. The van der Waals surface area contributed by atoms with Gasteiger partial charge in [-0.2, -0.15) is 0 Å². The van der Waals surface area contributed by atoms with E-state index in [1.165, 1.54) is 0 Å². The summed E-state index contributed by atoms with van der Waals surface area (Å²) in [6.45, 7) is 9.85. The van der Waals surface area contributed by atoms with Crippen LogP contribution < -0.4 is 14.2 Å². The molecule has 0 aliphatic rings. The van der Waals surface area contributed by atoms with E-state index in [1.807, 2.05) is 0 Å². The Hall–Kier alpha value is -2.11. The summed E-state index contributed by atoms with van der Waals surface area (Å²) < 4.78 is 18.3. The predicted molar refractivity (Wildman–Crippen MR) is 143 cm³/mol. The Morgan fingerprint density at radius 2 is 1.03 bits per heavy atom. The number of phenols is 1. The smallest absolute Gasteiger partial charge is 0.343 e. The molecule has 0 unspecified atom stereocenters. The van der Waals surface area contributed by atoms with Gasteiger partial charge in [-0.05, 0) is 32.1 Å². The number of unbranched alkanes of at least 4 members (excludes halogenated alkanes) is 10. The highest BCUT2D eigenvalue weighted by Gasteiger charge is 2.31. The van der Waals surface area contributed by atoms with Crippen LogP contribution in [0.4, 0.5) is 0 Å². The summed E-state index contributed by atoms with van der Waals surface area (Å²) in [4.78, 5) is 12.3. The molecule has 6 heteroatoms. The SMILES string of the molecule is CCCCCCOc1c(O)c(C(=O)O)c(OCCCCC)c(OCCCCC)c1CCCCCC. The summed E-state index contributed by atoms with van der Waals surface area (Å²) >= 11 is 0. The van der Waals surface area contributed by atoms with Gasteiger partial charge in [0, 0.05) is 5.56 Å². The molecule has 0 bridgehead atoms. The standard InChI is InChI=1S/C29H50O6/c1-5-9-13-15-19-23-26(33-22-18-14-10-6-2)25(30)24(29(31)32)28(35-21-17-12-8-4)27(23)34-20-16-11-7-3/h30H,5-22H2,1-4H3,(H,31,32). The average molecular weight is 495 g/mol. The maximum atomic E-state index is 12.3. The van der Waals surface area contributed by atoms with E-state index in [9.17, 15) is 15.0 Å². The zero-order valence-electron chi connectivity index (χ0n) is 22.8. The lowest BCUT2D eigenvalue weighted by atomic mass is 9.99. The van der Waals surface area contributed by atoms with Crippen LogP contribution in [0.2, 0.25) is 0 Å². The summed E-state index contributed by atoms with van der Waals surface area (Å²) in [5.41, 5.74) is 0.481. The number of rotatable bonds is 22. The van der Waals surface area contributed by atoms with Crippen LogP contribution in [-0.2, 0) is 6.42 Å². The van der Waals surface area contributed by atoms with E-state index in [0.29, 0.717) is 32.0 Å². The Bertz CT molecular complexity index is 716. The van der Waals surface area contributed by atoms with Crippen molar-refractivity contribution in [3.8, 4) is 23.0 Å². The van der Waals surface area contributed by atoms with Crippen LogP contribution in [0.5, 0.6) is 23.0 Å². The second-order valence-electron chi connectivity index (χ2n) is 9.33. The molecular formula is C29H50O6. The minimum Gasteiger partial charge on any atom is -0.504 e. The Kier molecular flexibility index (Phi) is 16.9. The number of aromatic hydroxyl groups is 1. The maximum Gasteiger partial charge on any atom is 0.343 e. The monoisotopic (exact) mass is 494 g/mol. The number of carbonyl (C=O) groups is 1. The first-order chi connectivity index (χ1) is 17.0. The molecule has 0 saturated heterocycles. The fraction of sp³-hybridized carbons (Fsp3) is 0.759. The molecule has 0 heterocycles. The highest BCUT2D eigenvalue weighted by atomic mass is 16.5. The molecule has 1 rings (SSSR count). The highest BCUT2D eigenvalue weighted by Crippen LogP contribution is 2.49. The van der Waals surface area contributed by atoms with Crippen molar-refractivity contribution in [3.63, 3.8) is 0 Å². The molecule has 0 aromatic heterocycles. The molecule has 2 N–H and O–H groups in total. The molecule has 0 amide bonds. The molecule has 0 saturated carbocycles. The van der Waals surface area contributed by atoms with E-state index in [4.69, 9.17) is 14.2 Å². The van der Waals surface area contributed by atoms with Crippen molar-refractivity contribution in [1.82, 2.24) is 0 Å². The summed E-state index contributed by atoms with van der Waals surface area (Å²) in [5, 5.41) is 21.2. The third kappa shape index (κ3) is 11.0. The Labute approximate surface area is 213 Å². The van der Waals surface area contributed by atoms with Crippen LogP contribution in [-0.4, -0.2) is 36.0 Å². The van der Waals surface area contributed by atoms with Crippen molar-refractivity contribution in [3.05, 3.63) is 11.1 Å². The number of carboxylic acids is 1. The Morgan fingerprint density at radius 1 is 0.600 bits per heavy atom. The molecule has 0 spiro atoms. The van der Waals surface area contributed by atoms with Crippen LogP contribution in [0.15, 0.2) is 0 Å². The van der Waals surface area contributed by atoms with Gasteiger partial charge in [0.1, 0.15) is 0 Å². The highest BCUT2D eigenvalue weighted by molar-refractivity contribution is 5.97. The molecule has 0 atom stereocenters. The lowest BCUT2D eigenvalue weighted by Gasteiger charge is -2.23. The first kappa shape index (κ1) is 30.9. The Balaban J connectivity index is 3.45. The summed E-state index contributed by atoms with van der Waals surface area (Å²) in [7, 11) is 0. The van der Waals surface area contributed by atoms with Crippen molar-refractivity contribution >= 4 is 5.97 Å². The number of benzene rings is 1. The lowest BCUT2D eigenvalue weighted by Crippen LogP contribution is -2.13. The van der Waals surface area contributed by atoms with Gasteiger partial charge < -0.3 is 24.4 Å². The van der Waals surface area contributed by atoms with Gasteiger partial charge in [0.15, 0.2) is 28.6 Å². The van der Waals surface area contributed by atoms with Gasteiger partial charge >= 0.3 is 5.97 Å². The minimum atomic E-state index is -1.24. The third-order valence-corrected chi connectivity index (χ3v) is 6.16. The fourth-order valence-corrected chi connectivity index (χ4v) is 4.07. The number of hydrogen-bond donors (Lipinski definition) is 2. The van der Waals surface area contributed by atoms with Crippen molar-refractivity contribution in [2.45, 2.75) is 124 Å². The number of ether oxygens (including phenoxy) is 3. The van der Waals surface area contributed by atoms with Gasteiger partial charge in [0.05, 0.1) is 19.8 Å². The van der Waals surface area contributed by atoms with E-state index in [2.05, 4.69) is 27.7 Å². The predicted octanol–water partition coefficient (Wildman–Crippen LogP) is 8.31. The minimum absolute atomic E-state index is 0.145. The van der Waals surface area contributed by atoms with E-state index >= 15 is 0 Å². The summed E-state index contributed by atoms with van der Waals surface area (Å²) in [6, 6.07) is 0. The number of hydrogen-bond acceptors (Lipinski definition) is 5. The molecule has 35 heavy (non-hydrogen) atoms. The molecule has 202 valence electrons. The fourth-order valence-electron chi connectivity index (χ4n) is 4.07. The van der Waals surface area contributed by atoms with Gasteiger partial charge in [-0.25, -0.2) is 4.79 Å². The molecule has 1 aromatic rings. The molecule has 0 aliphatic heterocycles. The van der Waals surface area contributed by atoms with Crippen LogP contribution in [0.25, 0.3) is 0 Å². The topological polar surface area (TPSA) is 85.2 Å². The summed E-state index contributed by atoms with van der Waals surface area (Å²) in [5.74, 6) is -0.745. The number of aromatic carboxylic acids is 1. The maximum absolute atomic E-state index is 12.3. The van der Waals surface area contributed by atoms with Gasteiger partial charge in [0.25, 0.3) is 0 Å². The van der Waals surface area contributed by atoms with Gasteiger partial charge in [0.2, 0.25) is 0 Å². The quantitative estimate of drug-likeness (QED) is 0.158. The average Bonchev–Trinajstić information content (AvgIpc) is 2.84. The zero-order chi connectivity index (χ0) is 25.9. The van der Waals surface area contributed by atoms with Crippen LogP contribution in [0.3, 0.4) is 0 Å². The van der Waals surface area contributed by atoms with Crippen LogP contribution >= 0.6 is 0 Å². The van der Waals surface area contributed by atoms with Crippen molar-refractivity contribution in [2.24, 2.45) is 0 Å². The van der Waals surface area contributed by atoms with E-state index in [1.54, 1.807) is 0 Å². The van der Waals surface area contributed by atoms with E-state index in [0.717, 1.165) is 95.5 Å². The first-order valence-electron chi connectivity index (χ1n) is 14.1. The summed E-state index contributed by atoms with van der Waals surface area (Å²) in [6.07, 6.45) is 14.8. The zero-order valence-corrected chi connectivity index (χ0v) is 22.8. The van der Waals surface area contributed by atoms with Crippen LogP contribution in [0.1, 0.15) is 134 Å². The lowest BCUT2D eigenvalue weighted by molar-refractivity contribution is 0.0686. The van der Waals surface area contributed by atoms with Gasteiger partial charge in [-0.3, -0.25) is 0 Å². The molecular weight excluding hydrogens is 444 g/mol. The van der Waals surface area contributed by atoms with Crippen molar-refractivity contribution in [1.29, 1.82) is 0 Å². The van der Waals surface area contributed by atoms with Crippen molar-refractivity contribution < 1.29 is 29.2 Å².